The van der Waals surface area contributed by atoms with Crippen molar-refractivity contribution in [3.05, 3.63) is 416 Å². The molecule has 2 heterocycles. The largest absolute Gasteiger partial charge is 1.00 e. The third kappa shape index (κ3) is 44.0. The summed E-state index contributed by atoms with van der Waals surface area (Å²) in [4.78, 5) is 23.0. The van der Waals surface area contributed by atoms with Gasteiger partial charge in [0, 0.05) is 65.7 Å². The number of non-ortho nitro benzene ring substituents is 2. The van der Waals surface area contributed by atoms with Crippen LogP contribution in [0.4, 0.5) is 35.7 Å². The third-order valence-corrected chi connectivity index (χ3v) is 37.2. The Morgan fingerprint density at radius 1 is 0.517 bits per heavy atom. The van der Waals surface area contributed by atoms with Crippen molar-refractivity contribution < 1.29 is 103 Å². The molecule has 777 valence electrons. The fourth-order valence-corrected chi connectivity index (χ4v) is 33.3. The minimum absolute atomic E-state index is 0. The maximum atomic E-state index is 10.7. The van der Waals surface area contributed by atoms with Crippen LogP contribution in [0.3, 0.4) is 0 Å². The Hall–Kier alpha value is -7.68. The van der Waals surface area contributed by atoms with Gasteiger partial charge in [-0.25, -0.2) is 6.54 Å². The number of anilines is 1. The number of para-hydroxylation sites is 2. The van der Waals surface area contributed by atoms with Crippen LogP contribution in [0.5, 0.6) is 11.5 Å². The van der Waals surface area contributed by atoms with Crippen molar-refractivity contribution in [1.29, 1.82) is 0 Å². The number of halogens is 9. The Labute approximate surface area is 920 Å². The van der Waals surface area contributed by atoms with E-state index in [-0.39, 0.29) is 76.5 Å². The maximum Gasteiger partial charge on any atom is 1.00 e. The predicted octanol–water partition coefficient (Wildman–Crippen LogP) is 26.9. The minimum Gasteiger partial charge on any atom is -1.00 e. The predicted molar refractivity (Wildman–Crippen MR) is 617 cm³/mol. The fraction of sp³-hybridized carbons (Fsp3) is 0.293. The third-order valence-electron chi connectivity index (χ3n) is 21.9. The molecule has 29 heteroatoms. The van der Waals surface area contributed by atoms with Gasteiger partial charge >= 0.3 is 284 Å². The monoisotopic (exact) mass is 2360 g/mol. The van der Waals surface area contributed by atoms with Crippen LogP contribution >= 0.6 is 64.7 Å². The molecule has 0 saturated carbocycles. The van der Waals surface area contributed by atoms with Crippen LogP contribution in [-0.4, -0.2) is 76.7 Å². The van der Waals surface area contributed by atoms with Gasteiger partial charge in [-0.3, -0.25) is 23.1 Å². The first-order valence-electron chi connectivity index (χ1n) is 47.0. The van der Waals surface area contributed by atoms with E-state index in [1.807, 2.05) is 65.0 Å². The summed E-state index contributed by atoms with van der Waals surface area (Å²) in [6.07, 6.45) is 10.6. The first-order chi connectivity index (χ1) is 66.8. The van der Waals surface area contributed by atoms with Crippen LogP contribution in [0.2, 0.25) is 26.2 Å². The first kappa shape index (κ1) is 131. The number of aryl methyl sites for hydroxylation is 2. The zero-order chi connectivity index (χ0) is 106. The fourth-order valence-electron chi connectivity index (χ4n) is 17.3. The molecule has 0 radical (unpaired) electrons. The van der Waals surface area contributed by atoms with Gasteiger partial charge in [-0.05, 0) is 190 Å². The second kappa shape index (κ2) is 63.5. The summed E-state index contributed by atoms with van der Waals surface area (Å²) in [5.74, 6) is 2.34. The summed E-state index contributed by atoms with van der Waals surface area (Å²) in [5.41, 5.74) is 15.7. The van der Waals surface area contributed by atoms with Crippen LogP contribution in [-0.2, 0) is 42.1 Å². The number of rotatable bonds is 21. The molecule has 0 aromatic heterocycles. The molecule has 0 spiro atoms. The molecule has 0 bridgehead atoms. The van der Waals surface area contributed by atoms with Crippen molar-refractivity contribution in [3.8, 4) is 11.5 Å². The van der Waals surface area contributed by atoms with Gasteiger partial charge in [0.05, 0.1) is 26.9 Å². The Morgan fingerprint density at radius 3 is 1.17 bits per heavy atom. The second-order valence-electron chi connectivity index (χ2n) is 39.3. The van der Waals surface area contributed by atoms with Crippen molar-refractivity contribution in [2.75, 3.05) is 4.90 Å². The Morgan fingerprint density at radius 2 is 0.862 bits per heavy atom. The van der Waals surface area contributed by atoms with E-state index in [9.17, 15) is 33.2 Å². The molecule has 15 rings (SSSR count). The van der Waals surface area contributed by atoms with E-state index in [2.05, 4.69) is 443 Å². The molecule has 0 amide bonds. The van der Waals surface area contributed by atoms with E-state index in [1.54, 1.807) is 22.8 Å². The van der Waals surface area contributed by atoms with Gasteiger partial charge < -0.3 is 19.0 Å². The normalized spacial score (nSPS) is 13.6. The molecule has 0 N–H and O–H groups in total. The number of nitro benzene ring substituents is 2. The number of nitro groups is 2. The van der Waals surface area contributed by atoms with Gasteiger partial charge in [0.15, 0.2) is 28.2 Å². The van der Waals surface area contributed by atoms with Crippen LogP contribution in [0.15, 0.2) is 322 Å². The van der Waals surface area contributed by atoms with Gasteiger partial charge in [-0.2, -0.15) is 4.58 Å². The smallest absolute Gasteiger partial charge is 1.00 e. The quantitative estimate of drug-likeness (QED) is 0.0133. The number of ether oxygens (including phenoxy) is 2. The molecular formula is C116H144BCl5CuF4LiN5O6P2Ru2Si2+4. The Bertz CT molecular complexity index is 5810. The number of nitrogens with zero attached hydrogens (tertiary/aromatic N) is 5. The van der Waals surface area contributed by atoms with Crippen molar-refractivity contribution in [2.45, 2.75) is 213 Å². The van der Waals surface area contributed by atoms with Gasteiger partial charge in [-0.15, -0.1) is 5.41 Å². The molecule has 1 saturated heterocycles. The first-order valence-corrected chi connectivity index (χ1v) is 68.4. The molecule has 145 heavy (non-hydrogen) atoms. The van der Waals surface area contributed by atoms with Gasteiger partial charge in [0.2, 0.25) is 5.69 Å². The van der Waals surface area contributed by atoms with Crippen molar-refractivity contribution >= 4 is 170 Å². The van der Waals surface area contributed by atoms with E-state index in [4.69, 9.17) is 48.2 Å². The summed E-state index contributed by atoms with van der Waals surface area (Å²) < 4.78 is 50.0. The van der Waals surface area contributed by atoms with E-state index >= 15 is 0 Å². The number of hydrogen-bond donors (Lipinski definition) is 0. The summed E-state index contributed by atoms with van der Waals surface area (Å²) in [6.45, 7) is 60.9. The number of hydrogen-bond acceptors (Lipinski definition) is 7. The molecule has 12 aromatic rings. The standard InChI is InChI=1S/2C18H28N.2C18H15P.C15H10.C12H15NO3.C10H11NO3.C6H16NSi2.CH4.BF3.5ClH.Cu.FH.Li.2Ru/c2*1-13(2)15-10-8-9-14(3)16(15)19-12-17(4,5)11-18(19,6)7;2*1-4-10-16(11-5-1)19(17-12-6-2-7-13-17)18-14-8-3-9-15-18;1-2-6-12(7-3-1)15-11-10-13-8-4-5-9-14(13)15;1-4-5-10-8-11(13(14)15)6-7-12(10)16-9(2)3;1-7(2)14-10-5-4-9(11(12)13)6-8(10)3;1-8(2,3)7-9(4,5)6;;2-1(3)4;;;;;;;;;;/h2*8-10,12-13H,11H2,1-7H3;2*1-15H;1-9,11H;4-9H,1-3H3;3-7H,1-2H3;1,4H2,2-3,5-6H3;1H4;;5*1H;;1H;;;/q-1;+1;;;;;;+1;;;;;;;;+2;;+1;2*+2/p-4/b;;;;;5-4+;;;;;;;;;;;;;;. The molecule has 1 aliphatic carbocycles. The molecule has 11 nitrogen and oxygen atoms in total. The molecule has 0 unspecified atom stereocenters. The molecular weight excluding hydrogens is 2210 g/mol. The van der Waals surface area contributed by atoms with E-state index < -0.39 is 76.7 Å². The van der Waals surface area contributed by atoms with Gasteiger partial charge in [-0.1, -0.05) is 227 Å². The average Bonchev–Trinajstić information content (AvgIpc) is 1.64. The summed E-state index contributed by atoms with van der Waals surface area (Å²) >= 11 is -0.267. The number of allylic oxidation sites excluding steroid dienone is 2. The molecule has 3 aliphatic rings. The van der Waals surface area contributed by atoms with E-state index in [0.29, 0.717) is 28.9 Å². The molecule has 2 aliphatic heterocycles. The maximum absolute atomic E-state index is 10.7. The molecule has 0 atom stereocenters. The topological polar surface area (TPSA) is 125 Å². The van der Waals surface area contributed by atoms with Crippen molar-refractivity contribution in [3.63, 3.8) is 0 Å². The zero-order valence-corrected chi connectivity index (χ0v) is 99.4. The Balaban J connectivity index is 0.000000423. The van der Waals surface area contributed by atoms with Crippen molar-refractivity contribution in [2.24, 2.45) is 10.8 Å². The van der Waals surface area contributed by atoms with Crippen LogP contribution in [0, 0.1) is 64.5 Å². The summed E-state index contributed by atoms with van der Waals surface area (Å²) in [7, 11) is 19.9. The average molecular weight is 2360 g/mol. The number of fused-ring (bicyclic) bond motifs is 1. The van der Waals surface area contributed by atoms with E-state index in [1.165, 1.54) is 125 Å². The minimum atomic E-state index is -3.67. The molecule has 12 aromatic carbocycles. The second-order valence-corrected chi connectivity index (χ2v) is 64.0. The van der Waals surface area contributed by atoms with Gasteiger partial charge in [0.1, 0.15) is 37.6 Å². The van der Waals surface area contributed by atoms with Gasteiger partial charge in [0.25, 0.3) is 5.69 Å². The van der Waals surface area contributed by atoms with E-state index in [0.717, 1.165) is 9.67 Å². The summed E-state index contributed by atoms with van der Waals surface area (Å²) in [6, 6.07) is 106. The Kier molecular flexibility index (Phi) is 57.5. The SMILES string of the molecule is C.C/C=C/c1cc([N+](=O)[O-])ccc1OC(C)C.CC(C)Oc1ccc([N+](=O)[O-])cc1[CH]=[Ru]([Cl])[Cl].Cc1cccc(C(C)C)c1N1[CH-]C(C)(C)CC1(C)C.Cc1cccc(C(C)C)c1[N+]1=CC(C)(C)CC1(C)C.FB(F)F.[CH2+][Si](C)(C)[N-][Si]([CH2+])(C)C.[Cl][Cu+].[Cl][Ru]([Cl])=[C]1C=C(c2ccccc2)c2ccccc21.[F-].[Li+].c1ccc([PH+](c2ccccc2)c2ccccc2)cc1.c1ccc([PH+](c2ccccc2)c2ccccc2)cc1. The zero-order valence-electron chi connectivity index (χ0n) is 87.2. The van der Waals surface area contributed by atoms with Crippen molar-refractivity contribution in [1.82, 2.24) is 0 Å². The van der Waals surface area contributed by atoms with Crippen LogP contribution in [0.25, 0.3) is 16.3 Å². The molecule has 1 fully saturated rings. The van der Waals surface area contributed by atoms with Crippen LogP contribution in [0.1, 0.15) is 200 Å². The number of benzene rings is 12. The van der Waals surface area contributed by atoms with Crippen LogP contribution < -0.4 is 69.8 Å². The summed E-state index contributed by atoms with van der Waals surface area (Å²) in [5, 5.41) is 29.9.